The number of ether oxygens (including phenoxy) is 2. The molecule has 0 bridgehead atoms. The molecular formula is C21H24N6O2. The Kier molecular flexibility index (Phi) is 6.01. The van der Waals surface area contributed by atoms with Crippen molar-refractivity contribution in [2.75, 3.05) is 48.9 Å². The molecule has 1 aromatic heterocycles. The topological polar surface area (TPSA) is 84.4 Å². The van der Waals surface area contributed by atoms with Crippen LogP contribution in [0.4, 0.5) is 23.1 Å². The molecular weight excluding hydrogens is 368 g/mol. The summed E-state index contributed by atoms with van der Waals surface area (Å²) in [5, 5.41) is 14.8. The highest BCUT2D eigenvalue weighted by molar-refractivity contribution is 5.73. The zero-order valence-electron chi connectivity index (χ0n) is 16.3. The van der Waals surface area contributed by atoms with E-state index in [4.69, 9.17) is 9.47 Å². The number of rotatable bonds is 7. The highest BCUT2D eigenvalue weighted by Crippen LogP contribution is 2.28. The third-order valence-electron chi connectivity index (χ3n) is 4.71. The van der Waals surface area contributed by atoms with Crippen LogP contribution in [-0.2, 0) is 11.3 Å². The summed E-state index contributed by atoms with van der Waals surface area (Å²) < 4.78 is 10.9. The van der Waals surface area contributed by atoms with Crippen molar-refractivity contribution in [2.45, 2.75) is 6.54 Å². The maximum absolute atomic E-state index is 5.46. The summed E-state index contributed by atoms with van der Waals surface area (Å²) in [5.41, 5.74) is 3.09. The van der Waals surface area contributed by atoms with Crippen LogP contribution < -0.4 is 20.3 Å². The van der Waals surface area contributed by atoms with Gasteiger partial charge in [-0.25, -0.2) is 0 Å². The van der Waals surface area contributed by atoms with Crippen molar-refractivity contribution in [3.63, 3.8) is 0 Å². The van der Waals surface area contributed by atoms with Gasteiger partial charge in [0.15, 0.2) is 5.82 Å². The Hall–Kier alpha value is -3.39. The smallest absolute Gasteiger partial charge is 0.249 e. The number of nitrogens with zero attached hydrogens (tertiary/aromatic N) is 4. The first-order chi connectivity index (χ1) is 14.3. The second-order valence-corrected chi connectivity index (χ2v) is 6.57. The number of anilines is 4. The van der Waals surface area contributed by atoms with Crippen molar-refractivity contribution >= 4 is 23.1 Å². The summed E-state index contributed by atoms with van der Waals surface area (Å²) in [6, 6.07) is 16.0. The molecule has 0 aliphatic carbocycles. The highest BCUT2D eigenvalue weighted by Gasteiger charge is 2.15. The normalized spacial score (nSPS) is 13.8. The molecule has 8 nitrogen and oxygen atoms in total. The van der Waals surface area contributed by atoms with Crippen LogP contribution in [0.2, 0.25) is 0 Å². The fourth-order valence-electron chi connectivity index (χ4n) is 3.26. The monoisotopic (exact) mass is 392 g/mol. The molecule has 2 heterocycles. The predicted molar refractivity (Wildman–Crippen MR) is 113 cm³/mol. The minimum Gasteiger partial charge on any atom is -0.496 e. The first-order valence-electron chi connectivity index (χ1n) is 9.58. The number of methoxy groups -OCH3 is 1. The van der Waals surface area contributed by atoms with Crippen molar-refractivity contribution in [3.05, 3.63) is 60.3 Å². The van der Waals surface area contributed by atoms with E-state index in [0.717, 1.165) is 49.0 Å². The molecule has 150 valence electrons. The third kappa shape index (κ3) is 4.72. The summed E-state index contributed by atoms with van der Waals surface area (Å²) in [6.45, 7) is 3.76. The molecule has 1 aliphatic heterocycles. The van der Waals surface area contributed by atoms with Gasteiger partial charge in [0, 0.05) is 25.2 Å². The number of aromatic nitrogens is 3. The summed E-state index contributed by atoms with van der Waals surface area (Å²) in [7, 11) is 1.67. The van der Waals surface area contributed by atoms with Crippen LogP contribution in [0.15, 0.2) is 54.7 Å². The first kappa shape index (κ1) is 18.9. The molecule has 1 fully saturated rings. The second kappa shape index (κ2) is 9.20. The Bertz CT molecular complexity index is 946. The van der Waals surface area contributed by atoms with E-state index < -0.39 is 0 Å². The molecule has 4 rings (SSSR count). The molecule has 8 heteroatoms. The van der Waals surface area contributed by atoms with E-state index in [0.29, 0.717) is 18.3 Å². The Labute approximate surface area is 169 Å². The summed E-state index contributed by atoms with van der Waals surface area (Å²) in [4.78, 5) is 6.84. The van der Waals surface area contributed by atoms with Gasteiger partial charge in [-0.2, -0.15) is 10.1 Å². The number of benzene rings is 2. The third-order valence-corrected chi connectivity index (χ3v) is 4.71. The highest BCUT2D eigenvalue weighted by atomic mass is 16.5. The zero-order chi connectivity index (χ0) is 19.9. The predicted octanol–water partition coefficient (Wildman–Crippen LogP) is 3.07. The fourth-order valence-corrected chi connectivity index (χ4v) is 3.26. The van der Waals surface area contributed by atoms with Gasteiger partial charge in [-0.05, 0) is 18.2 Å². The molecule has 1 saturated heterocycles. The molecule has 0 atom stereocenters. The van der Waals surface area contributed by atoms with Crippen molar-refractivity contribution in [3.8, 4) is 5.75 Å². The summed E-state index contributed by atoms with van der Waals surface area (Å²) in [5.74, 6) is 1.91. The largest absolute Gasteiger partial charge is 0.496 e. The lowest BCUT2D eigenvalue weighted by atomic mass is 10.2. The van der Waals surface area contributed by atoms with E-state index in [1.165, 1.54) is 0 Å². The number of hydrogen-bond donors (Lipinski definition) is 2. The van der Waals surface area contributed by atoms with Crippen molar-refractivity contribution in [2.24, 2.45) is 0 Å². The van der Waals surface area contributed by atoms with E-state index in [2.05, 4.69) is 36.8 Å². The minimum absolute atomic E-state index is 0.440. The lowest BCUT2D eigenvalue weighted by Gasteiger charge is -2.30. The maximum atomic E-state index is 5.46. The van der Waals surface area contributed by atoms with Gasteiger partial charge in [-0.3, -0.25) is 0 Å². The molecule has 2 aromatic carbocycles. The van der Waals surface area contributed by atoms with Gasteiger partial charge in [0.1, 0.15) is 5.75 Å². The SMILES string of the molecule is COc1ccccc1CNc1cnnc(Nc2ccccc2N2CCOCC2)n1. The average molecular weight is 392 g/mol. The maximum Gasteiger partial charge on any atom is 0.249 e. The van der Waals surface area contributed by atoms with Crippen LogP contribution in [0.1, 0.15) is 5.56 Å². The Balaban J connectivity index is 1.47. The van der Waals surface area contributed by atoms with Gasteiger partial charge in [-0.15, -0.1) is 5.10 Å². The average Bonchev–Trinajstić information content (AvgIpc) is 2.79. The van der Waals surface area contributed by atoms with Crippen molar-refractivity contribution in [1.29, 1.82) is 0 Å². The number of nitrogens with one attached hydrogen (secondary N) is 2. The van der Waals surface area contributed by atoms with E-state index in [1.54, 1.807) is 13.3 Å². The molecule has 29 heavy (non-hydrogen) atoms. The van der Waals surface area contributed by atoms with Crippen molar-refractivity contribution in [1.82, 2.24) is 15.2 Å². The Morgan fingerprint density at radius 2 is 1.86 bits per heavy atom. The summed E-state index contributed by atoms with van der Waals surface area (Å²) in [6.07, 6.45) is 1.61. The van der Waals surface area contributed by atoms with Gasteiger partial charge in [0.25, 0.3) is 0 Å². The number of hydrogen-bond acceptors (Lipinski definition) is 8. The first-order valence-corrected chi connectivity index (χ1v) is 9.58. The van der Waals surface area contributed by atoms with Gasteiger partial charge in [-0.1, -0.05) is 30.3 Å². The minimum atomic E-state index is 0.440. The lowest BCUT2D eigenvalue weighted by molar-refractivity contribution is 0.123. The van der Waals surface area contributed by atoms with Crippen LogP contribution in [0, 0.1) is 0 Å². The van der Waals surface area contributed by atoms with E-state index in [1.807, 2.05) is 42.5 Å². The van der Waals surface area contributed by atoms with Crippen LogP contribution in [0.25, 0.3) is 0 Å². The zero-order valence-corrected chi connectivity index (χ0v) is 16.3. The number of para-hydroxylation sites is 3. The number of morpholine rings is 1. The molecule has 1 aliphatic rings. The van der Waals surface area contributed by atoms with Gasteiger partial charge >= 0.3 is 0 Å². The van der Waals surface area contributed by atoms with Crippen LogP contribution in [0.5, 0.6) is 5.75 Å². The van der Waals surface area contributed by atoms with Crippen LogP contribution in [-0.4, -0.2) is 48.6 Å². The van der Waals surface area contributed by atoms with Gasteiger partial charge in [0.05, 0.1) is 37.9 Å². The molecule has 2 N–H and O–H groups in total. The van der Waals surface area contributed by atoms with Crippen LogP contribution in [0.3, 0.4) is 0 Å². The Morgan fingerprint density at radius 3 is 2.72 bits per heavy atom. The van der Waals surface area contributed by atoms with Gasteiger partial charge < -0.3 is 25.0 Å². The molecule has 0 unspecified atom stereocenters. The summed E-state index contributed by atoms with van der Waals surface area (Å²) >= 11 is 0. The standard InChI is InChI=1S/C21H24N6O2/c1-28-19-9-5-2-6-16(19)14-22-20-15-23-26-21(25-20)24-17-7-3-4-8-18(17)27-10-12-29-13-11-27/h2-9,15H,10-14H2,1H3,(H2,22,24,25,26). The van der Waals surface area contributed by atoms with E-state index in [9.17, 15) is 0 Å². The second-order valence-electron chi connectivity index (χ2n) is 6.57. The van der Waals surface area contributed by atoms with Crippen LogP contribution >= 0.6 is 0 Å². The molecule has 0 spiro atoms. The Morgan fingerprint density at radius 1 is 1.07 bits per heavy atom. The van der Waals surface area contributed by atoms with Crippen molar-refractivity contribution < 1.29 is 9.47 Å². The molecule has 0 radical (unpaired) electrons. The van der Waals surface area contributed by atoms with E-state index >= 15 is 0 Å². The van der Waals surface area contributed by atoms with Gasteiger partial charge in [0.2, 0.25) is 5.95 Å². The fraction of sp³-hybridized carbons (Fsp3) is 0.286. The van der Waals surface area contributed by atoms with E-state index in [-0.39, 0.29) is 0 Å². The molecule has 3 aromatic rings. The quantitative estimate of drug-likeness (QED) is 0.635. The molecule has 0 amide bonds. The lowest BCUT2D eigenvalue weighted by Crippen LogP contribution is -2.36. The molecule has 0 saturated carbocycles.